The zero-order valence-electron chi connectivity index (χ0n) is 15.3. The summed E-state index contributed by atoms with van der Waals surface area (Å²) in [6.45, 7) is 5.24. The number of nitrogens with zero attached hydrogens (tertiary/aromatic N) is 4. The smallest absolute Gasteiger partial charge is 0.161 e. The Hall–Kier alpha value is -2.34. The molecule has 2 aliphatic heterocycles. The van der Waals surface area contributed by atoms with Crippen molar-refractivity contribution in [3.05, 3.63) is 36.2 Å². The van der Waals surface area contributed by atoms with E-state index in [9.17, 15) is 0 Å². The Bertz CT molecular complexity index is 741. The van der Waals surface area contributed by atoms with Crippen molar-refractivity contribution < 1.29 is 0 Å². The summed E-state index contributed by atoms with van der Waals surface area (Å²) in [4.78, 5) is 13.6. The maximum atomic E-state index is 6.45. The van der Waals surface area contributed by atoms with Gasteiger partial charge >= 0.3 is 0 Å². The summed E-state index contributed by atoms with van der Waals surface area (Å²) in [5.74, 6) is 1.56. The quantitative estimate of drug-likeness (QED) is 0.862. The Labute approximate surface area is 155 Å². The summed E-state index contributed by atoms with van der Waals surface area (Å²) in [5.41, 5.74) is 9.66. The number of anilines is 4. The summed E-state index contributed by atoms with van der Waals surface area (Å²) in [7, 11) is 0. The molecule has 4 rings (SSSR count). The molecule has 0 aliphatic carbocycles. The largest absolute Gasteiger partial charge is 0.393 e. The molecule has 0 saturated carbocycles. The number of para-hydroxylation sites is 1. The molecule has 1 fully saturated rings. The number of aromatic nitrogens is 2. The minimum absolute atomic E-state index is 0.642. The molecule has 26 heavy (non-hydrogen) atoms. The second-order valence-corrected chi connectivity index (χ2v) is 7.17. The van der Waals surface area contributed by atoms with Gasteiger partial charge in [-0.3, -0.25) is 0 Å². The van der Waals surface area contributed by atoms with E-state index in [1.54, 1.807) is 6.33 Å². The van der Waals surface area contributed by atoms with Crippen LogP contribution in [0, 0.1) is 0 Å². The van der Waals surface area contributed by atoms with Crippen LogP contribution in [-0.2, 0) is 6.42 Å². The number of likely N-dealkylation sites (tertiary alicyclic amines) is 1. The van der Waals surface area contributed by atoms with E-state index >= 15 is 0 Å². The SMILES string of the molecule is Nc1c(NCCN2CCCCC2)ncnc1N1CCCc2ccccc21. The number of rotatable bonds is 5. The highest BCUT2D eigenvalue weighted by Crippen LogP contribution is 2.36. The number of aryl methyl sites for hydroxylation is 1. The summed E-state index contributed by atoms with van der Waals surface area (Å²) in [5, 5.41) is 3.42. The molecule has 0 spiro atoms. The van der Waals surface area contributed by atoms with E-state index in [1.165, 1.54) is 43.6 Å². The van der Waals surface area contributed by atoms with Gasteiger partial charge in [0.2, 0.25) is 0 Å². The van der Waals surface area contributed by atoms with Crippen molar-refractivity contribution in [2.45, 2.75) is 32.1 Å². The second kappa shape index (κ2) is 7.91. The lowest BCUT2D eigenvalue weighted by Gasteiger charge is -2.31. The number of nitrogens with one attached hydrogen (secondary N) is 1. The fraction of sp³-hybridized carbons (Fsp3) is 0.500. The van der Waals surface area contributed by atoms with Crippen molar-refractivity contribution in [2.75, 3.05) is 48.7 Å². The van der Waals surface area contributed by atoms with Crippen LogP contribution >= 0.6 is 0 Å². The molecule has 2 aromatic rings. The summed E-state index contributed by atoms with van der Waals surface area (Å²) in [6, 6.07) is 8.52. The van der Waals surface area contributed by atoms with Gasteiger partial charge in [-0.1, -0.05) is 24.6 Å². The number of hydrogen-bond donors (Lipinski definition) is 2. The van der Waals surface area contributed by atoms with Crippen LogP contribution in [-0.4, -0.2) is 47.6 Å². The standard InChI is InChI=1S/C20H28N6/c21-18-19(22-10-14-25-11-4-1-5-12-25)23-15-24-20(18)26-13-6-8-16-7-2-3-9-17(16)26/h2-3,7,9,15H,1,4-6,8,10-14,21H2,(H,22,23,24). The van der Waals surface area contributed by atoms with E-state index in [1.807, 2.05) is 0 Å². The van der Waals surface area contributed by atoms with E-state index in [0.29, 0.717) is 5.69 Å². The molecule has 1 aromatic heterocycles. The fourth-order valence-electron chi connectivity index (χ4n) is 4.01. The second-order valence-electron chi connectivity index (χ2n) is 7.17. The van der Waals surface area contributed by atoms with Gasteiger partial charge in [0.05, 0.1) is 0 Å². The van der Waals surface area contributed by atoms with Crippen LogP contribution in [0.5, 0.6) is 0 Å². The topological polar surface area (TPSA) is 70.3 Å². The van der Waals surface area contributed by atoms with Crippen molar-refractivity contribution in [1.82, 2.24) is 14.9 Å². The number of nitrogen functional groups attached to an aromatic ring is 1. The average molecular weight is 352 g/mol. The minimum atomic E-state index is 0.642. The Kier molecular flexibility index (Phi) is 5.20. The molecule has 3 N–H and O–H groups in total. The van der Waals surface area contributed by atoms with Gasteiger partial charge in [-0.25, -0.2) is 9.97 Å². The number of benzene rings is 1. The van der Waals surface area contributed by atoms with E-state index in [0.717, 1.165) is 44.1 Å². The minimum Gasteiger partial charge on any atom is -0.393 e. The van der Waals surface area contributed by atoms with Crippen molar-refractivity contribution in [3.8, 4) is 0 Å². The van der Waals surface area contributed by atoms with Gasteiger partial charge in [0.15, 0.2) is 11.6 Å². The third-order valence-corrected chi connectivity index (χ3v) is 5.40. The van der Waals surface area contributed by atoms with Crippen LogP contribution in [0.1, 0.15) is 31.2 Å². The van der Waals surface area contributed by atoms with Crippen LogP contribution < -0.4 is 16.0 Å². The predicted octanol–water partition coefficient (Wildman–Crippen LogP) is 3.04. The van der Waals surface area contributed by atoms with Gasteiger partial charge in [-0.15, -0.1) is 0 Å². The summed E-state index contributed by atoms with van der Waals surface area (Å²) in [6.07, 6.45) is 7.83. The van der Waals surface area contributed by atoms with E-state index in [-0.39, 0.29) is 0 Å². The maximum absolute atomic E-state index is 6.45. The van der Waals surface area contributed by atoms with Crippen LogP contribution in [0.25, 0.3) is 0 Å². The number of hydrogen-bond acceptors (Lipinski definition) is 6. The van der Waals surface area contributed by atoms with E-state index in [2.05, 4.69) is 49.4 Å². The lowest BCUT2D eigenvalue weighted by Crippen LogP contribution is -2.34. The highest BCUT2D eigenvalue weighted by molar-refractivity contribution is 5.80. The average Bonchev–Trinajstić information content (AvgIpc) is 2.70. The molecule has 3 heterocycles. The zero-order chi connectivity index (χ0) is 17.8. The first-order valence-electron chi connectivity index (χ1n) is 9.75. The third-order valence-electron chi connectivity index (χ3n) is 5.40. The molecule has 1 aromatic carbocycles. The van der Waals surface area contributed by atoms with Gasteiger partial charge in [-0.05, 0) is 50.4 Å². The Morgan fingerprint density at radius 2 is 1.85 bits per heavy atom. The van der Waals surface area contributed by atoms with Crippen LogP contribution in [0.2, 0.25) is 0 Å². The third kappa shape index (κ3) is 3.60. The highest BCUT2D eigenvalue weighted by Gasteiger charge is 2.22. The van der Waals surface area contributed by atoms with Gasteiger partial charge in [-0.2, -0.15) is 0 Å². The first-order chi connectivity index (χ1) is 12.8. The first-order valence-corrected chi connectivity index (χ1v) is 9.75. The maximum Gasteiger partial charge on any atom is 0.161 e. The number of piperidine rings is 1. The predicted molar refractivity (Wildman–Crippen MR) is 107 cm³/mol. The Morgan fingerprint density at radius 3 is 2.73 bits per heavy atom. The van der Waals surface area contributed by atoms with Crippen LogP contribution in [0.3, 0.4) is 0 Å². The first kappa shape index (κ1) is 17.1. The molecule has 6 heteroatoms. The summed E-state index contributed by atoms with van der Waals surface area (Å²) < 4.78 is 0. The van der Waals surface area contributed by atoms with Crippen LogP contribution in [0.4, 0.5) is 23.0 Å². The molecule has 1 saturated heterocycles. The normalized spacial score (nSPS) is 17.8. The fourth-order valence-corrected chi connectivity index (χ4v) is 4.01. The molecule has 2 aliphatic rings. The monoisotopic (exact) mass is 352 g/mol. The molecule has 138 valence electrons. The Morgan fingerprint density at radius 1 is 1.00 bits per heavy atom. The van der Waals surface area contributed by atoms with Crippen molar-refractivity contribution in [2.24, 2.45) is 0 Å². The molecular weight excluding hydrogens is 324 g/mol. The molecule has 0 amide bonds. The van der Waals surface area contributed by atoms with Crippen molar-refractivity contribution in [3.63, 3.8) is 0 Å². The zero-order valence-corrected chi connectivity index (χ0v) is 15.3. The molecule has 0 bridgehead atoms. The van der Waals surface area contributed by atoms with Gasteiger partial charge in [0, 0.05) is 25.3 Å². The lowest BCUT2D eigenvalue weighted by molar-refractivity contribution is 0.237. The van der Waals surface area contributed by atoms with Gasteiger partial charge < -0.3 is 20.9 Å². The highest BCUT2D eigenvalue weighted by atomic mass is 15.2. The molecule has 0 atom stereocenters. The number of nitrogens with two attached hydrogens (primary N) is 1. The van der Waals surface area contributed by atoms with Crippen molar-refractivity contribution in [1.29, 1.82) is 0 Å². The number of fused-ring (bicyclic) bond motifs is 1. The van der Waals surface area contributed by atoms with E-state index < -0.39 is 0 Å². The molecule has 0 radical (unpaired) electrons. The van der Waals surface area contributed by atoms with Crippen molar-refractivity contribution >= 4 is 23.0 Å². The molecular formula is C20H28N6. The molecule has 0 unspecified atom stereocenters. The van der Waals surface area contributed by atoms with Crippen LogP contribution in [0.15, 0.2) is 30.6 Å². The van der Waals surface area contributed by atoms with E-state index in [4.69, 9.17) is 5.73 Å². The molecule has 6 nitrogen and oxygen atoms in total. The summed E-state index contributed by atoms with van der Waals surface area (Å²) >= 11 is 0. The van der Waals surface area contributed by atoms with Gasteiger partial charge in [0.1, 0.15) is 12.0 Å². The lowest BCUT2D eigenvalue weighted by atomic mass is 10.0. The van der Waals surface area contributed by atoms with Gasteiger partial charge in [0.25, 0.3) is 0 Å². The Balaban J connectivity index is 1.48.